The molecular weight excluding hydrogens is 276 g/mol. The van der Waals surface area contributed by atoms with Crippen molar-refractivity contribution in [1.29, 1.82) is 0 Å². The van der Waals surface area contributed by atoms with E-state index in [4.69, 9.17) is 4.74 Å². The maximum absolute atomic E-state index is 5.78. The molecule has 0 amide bonds. The molecule has 2 heterocycles. The highest BCUT2D eigenvalue weighted by atomic mass is 79.9. The van der Waals surface area contributed by atoms with E-state index in [0.717, 1.165) is 22.9 Å². The van der Waals surface area contributed by atoms with Crippen LogP contribution >= 0.6 is 27.3 Å². The molecule has 2 atom stereocenters. The average molecular weight is 289 g/mol. The van der Waals surface area contributed by atoms with E-state index in [0.29, 0.717) is 12.1 Å². The van der Waals surface area contributed by atoms with E-state index in [1.807, 2.05) is 0 Å². The molecule has 1 aromatic rings. The lowest BCUT2D eigenvalue weighted by atomic mass is 10.1. The van der Waals surface area contributed by atoms with Gasteiger partial charge in [0.05, 0.1) is 18.8 Å². The molecule has 0 radical (unpaired) electrons. The molecule has 1 saturated carbocycles. The molecule has 0 N–H and O–H groups in total. The molecule has 1 aliphatic heterocycles. The second kappa shape index (κ2) is 4.03. The fourth-order valence-corrected chi connectivity index (χ4v) is 3.87. The number of ether oxygens (including phenoxy) is 1. The van der Waals surface area contributed by atoms with Gasteiger partial charge in [-0.25, -0.2) is 4.98 Å². The maximum Gasteiger partial charge on any atom is 0.186 e. The molecule has 3 nitrogen and oxygen atoms in total. The van der Waals surface area contributed by atoms with Crippen LogP contribution in [0.3, 0.4) is 0 Å². The van der Waals surface area contributed by atoms with Crippen LogP contribution in [-0.2, 0) is 4.74 Å². The molecular formula is C10H13BrN2OS. The average Bonchev–Trinajstić information content (AvgIpc) is 2.84. The van der Waals surface area contributed by atoms with Crippen molar-refractivity contribution < 1.29 is 4.74 Å². The van der Waals surface area contributed by atoms with Crippen LogP contribution in [0.1, 0.15) is 19.3 Å². The van der Waals surface area contributed by atoms with Crippen LogP contribution in [0, 0.1) is 0 Å². The highest BCUT2D eigenvalue weighted by Gasteiger charge is 2.37. The first-order valence-electron chi connectivity index (χ1n) is 5.34. The standard InChI is InChI=1S/C10H13BrN2OS/c11-9-6-15-10(12-9)13-4-5-14-8-3-1-2-7(8)13/h6-8H,1-5H2. The summed E-state index contributed by atoms with van der Waals surface area (Å²) in [5, 5.41) is 3.19. The van der Waals surface area contributed by atoms with Crippen molar-refractivity contribution in [1.82, 2.24) is 4.98 Å². The van der Waals surface area contributed by atoms with Gasteiger partial charge in [-0.05, 0) is 35.2 Å². The van der Waals surface area contributed by atoms with Gasteiger partial charge in [-0.2, -0.15) is 0 Å². The normalized spacial score (nSPS) is 30.6. The van der Waals surface area contributed by atoms with Crippen molar-refractivity contribution in [2.45, 2.75) is 31.4 Å². The Hall–Kier alpha value is -0.130. The summed E-state index contributed by atoms with van der Waals surface area (Å²) in [7, 11) is 0. The van der Waals surface area contributed by atoms with Gasteiger partial charge >= 0.3 is 0 Å². The summed E-state index contributed by atoms with van der Waals surface area (Å²) in [5.41, 5.74) is 0. The Kier molecular flexibility index (Phi) is 2.70. The number of fused-ring (bicyclic) bond motifs is 1. The van der Waals surface area contributed by atoms with E-state index in [2.05, 4.69) is 31.2 Å². The first-order valence-corrected chi connectivity index (χ1v) is 7.01. The molecule has 3 rings (SSSR count). The molecule has 1 saturated heterocycles. The Morgan fingerprint density at radius 2 is 2.47 bits per heavy atom. The Morgan fingerprint density at radius 3 is 3.27 bits per heavy atom. The topological polar surface area (TPSA) is 25.4 Å². The van der Waals surface area contributed by atoms with Crippen molar-refractivity contribution in [3.05, 3.63) is 9.98 Å². The number of nitrogens with zero attached hydrogens (tertiary/aromatic N) is 2. The molecule has 0 bridgehead atoms. The van der Waals surface area contributed by atoms with E-state index in [-0.39, 0.29) is 0 Å². The molecule has 2 fully saturated rings. The molecule has 82 valence electrons. The van der Waals surface area contributed by atoms with Crippen LogP contribution in [0.5, 0.6) is 0 Å². The zero-order chi connectivity index (χ0) is 10.3. The van der Waals surface area contributed by atoms with Crippen molar-refractivity contribution >= 4 is 32.4 Å². The zero-order valence-electron chi connectivity index (χ0n) is 8.36. The highest BCUT2D eigenvalue weighted by Crippen LogP contribution is 2.35. The minimum atomic E-state index is 0.446. The van der Waals surface area contributed by atoms with E-state index in [9.17, 15) is 0 Å². The third-order valence-corrected chi connectivity index (χ3v) is 4.78. The lowest BCUT2D eigenvalue weighted by molar-refractivity contribution is 0.0256. The third kappa shape index (κ3) is 1.81. The third-order valence-electron chi connectivity index (χ3n) is 3.19. The summed E-state index contributed by atoms with van der Waals surface area (Å²) in [6.45, 7) is 1.83. The molecule has 0 spiro atoms. The van der Waals surface area contributed by atoms with Crippen LogP contribution < -0.4 is 4.90 Å². The van der Waals surface area contributed by atoms with Crippen molar-refractivity contribution in [2.24, 2.45) is 0 Å². The number of anilines is 1. The molecule has 5 heteroatoms. The molecule has 2 aliphatic rings. The van der Waals surface area contributed by atoms with E-state index >= 15 is 0 Å². The van der Waals surface area contributed by atoms with Gasteiger partial charge in [-0.1, -0.05) is 0 Å². The summed E-state index contributed by atoms with van der Waals surface area (Å²) >= 11 is 5.13. The van der Waals surface area contributed by atoms with Gasteiger partial charge in [-0.15, -0.1) is 11.3 Å². The summed E-state index contributed by atoms with van der Waals surface area (Å²) in [5.74, 6) is 0. The van der Waals surface area contributed by atoms with Crippen molar-refractivity contribution in [3.8, 4) is 0 Å². The second-order valence-electron chi connectivity index (χ2n) is 4.05. The van der Waals surface area contributed by atoms with Crippen LogP contribution in [0.2, 0.25) is 0 Å². The summed E-state index contributed by atoms with van der Waals surface area (Å²) in [6, 6.07) is 0.566. The van der Waals surface area contributed by atoms with Crippen LogP contribution in [-0.4, -0.2) is 30.3 Å². The van der Waals surface area contributed by atoms with Gasteiger partial charge in [0.1, 0.15) is 4.60 Å². The second-order valence-corrected chi connectivity index (χ2v) is 5.70. The lowest BCUT2D eigenvalue weighted by Gasteiger charge is -2.37. The summed E-state index contributed by atoms with van der Waals surface area (Å²) < 4.78 is 6.73. The molecule has 15 heavy (non-hydrogen) atoms. The first kappa shape index (κ1) is 10.1. The lowest BCUT2D eigenvalue weighted by Crippen LogP contribution is -2.48. The van der Waals surface area contributed by atoms with Gasteiger partial charge in [-0.3, -0.25) is 0 Å². The Balaban J connectivity index is 1.85. The predicted molar refractivity (Wildman–Crippen MR) is 64.5 cm³/mol. The fraction of sp³-hybridized carbons (Fsp3) is 0.700. The van der Waals surface area contributed by atoms with Crippen molar-refractivity contribution in [2.75, 3.05) is 18.1 Å². The van der Waals surface area contributed by atoms with Crippen LogP contribution in [0.25, 0.3) is 0 Å². The first-order chi connectivity index (χ1) is 7.34. The Morgan fingerprint density at radius 1 is 1.53 bits per heavy atom. The molecule has 0 aromatic carbocycles. The van der Waals surface area contributed by atoms with Gasteiger partial charge in [0, 0.05) is 11.9 Å². The Labute approximate surface area is 102 Å². The summed E-state index contributed by atoms with van der Waals surface area (Å²) in [4.78, 5) is 6.93. The SMILES string of the molecule is Brc1csc(N2CCOC3CCCC32)n1. The highest BCUT2D eigenvalue weighted by molar-refractivity contribution is 9.10. The monoisotopic (exact) mass is 288 g/mol. The summed E-state index contributed by atoms with van der Waals surface area (Å²) in [6.07, 6.45) is 4.20. The molecule has 1 aromatic heterocycles. The maximum atomic E-state index is 5.78. The smallest absolute Gasteiger partial charge is 0.186 e. The van der Waals surface area contributed by atoms with Gasteiger partial charge in [0.25, 0.3) is 0 Å². The number of aromatic nitrogens is 1. The number of hydrogen-bond acceptors (Lipinski definition) is 4. The predicted octanol–water partition coefficient (Wildman–Crippen LogP) is 2.66. The van der Waals surface area contributed by atoms with Gasteiger partial charge < -0.3 is 9.64 Å². The minimum absolute atomic E-state index is 0.446. The number of rotatable bonds is 1. The quantitative estimate of drug-likeness (QED) is 0.794. The number of morpholine rings is 1. The van der Waals surface area contributed by atoms with Gasteiger partial charge in [0.2, 0.25) is 0 Å². The van der Waals surface area contributed by atoms with E-state index < -0.39 is 0 Å². The number of halogens is 1. The van der Waals surface area contributed by atoms with Crippen LogP contribution in [0.4, 0.5) is 5.13 Å². The Bertz CT molecular complexity index is 357. The van der Waals surface area contributed by atoms with E-state index in [1.165, 1.54) is 19.3 Å². The fourth-order valence-electron chi connectivity index (χ4n) is 2.54. The minimum Gasteiger partial charge on any atom is -0.374 e. The largest absolute Gasteiger partial charge is 0.374 e. The molecule has 2 unspecified atom stereocenters. The molecule has 1 aliphatic carbocycles. The van der Waals surface area contributed by atoms with E-state index in [1.54, 1.807) is 11.3 Å². The van der Waals surface area contributed by atoms with Crippen molar-refractivity contribution in [3.63, 3.8) is 0 Å². The van der Waals surface area contributed by atoms with Crippen LogP contribution in [0.15, 0.2) is 9.98 Å². The number of hydrogen-bond donors (Lipinski definition) is 0. The zero-order valence-corrected chi connectivity index (χ0v) is 10.8. The van der Waals surface area contributed by atoms with Gasteiger partial charge in [0.15, 0.2) is 5.13 Å². The number of thiazole rings is 1.